The highest BCUT2D eigenvalue weighted by Crippen LogP contribution is 2.30. The van der Waals surface area contributed by atoms with Crippen LogP contribution in [0.1, 0.15) is 19.4 Å². The first-order valence-corrected chi connectivity index (χ1v) is 8.85. The van der Waals surface area contributed by atoms with Crippen LogP contribution in [0.15, 0.2) is 48.5 Å². The molecule has 1 amide bonds. The van der Waals surface area contributed by atoms with E-state index in [1.165, 1.54) is 0 Å². The van der Waals surface area contributed by atoms with Crippen molar-refractivity contribution in [1.82, 2.24) is 0 Å². The Morgan fingerprint density at radius 3 is 2.40 bits per heavy atom. The Balaban J connectivity index is 1.82. The number of nitrogens with zero attached hydrogens (tertiary/aromatic N) is 1. The monoisotopic (exact) mass is 358 g/mol. The molecule has 1 N–H and O–H groups in total. The van der Waals surface area contributed by atoms with Crippen molar-refractivity contribution < 1.29 is 9.53 Å². The Hall–Kier alpha value is -2.04. The van der Waals surface area contributed by atoms with Gasteiger partial charge in [0.25, 0.3) is 0 Å². The lowest BCUT2D eigenvalue weighted by atomic mass is 9.83. The first-order chi connectivity index (χ1) is 12.0. The molecule has 1 fully saturated rings. The third-order valence-corrected chi connectivity index (χ3v) is 4.89. The van der Waals surface area contributed by atoms with Gasteiger partial charge in [0.15, 0.2) is 0 Å². The summed E-state index contributed by atoms with van der Waals surface area (Å²) in [5.74, 6) is -0.0458. The molecule has 0 spiro atoms. The Kier molecular flexibility index (Phi) is 5.30. The number of carbonyl (C=O) groups is 1. The minimum absolute atomic E-state index is 0.0458. The van der Waals surface area contributed by atoms with Crippen LogP contribution in [0.5, 0.6) is 0 Å². The minimum atomic E-state index is -0.664. The van der Waals surface area contributed by atoms with Crippen molar-refractivity contribution in [2.24, 2.45) is 0 Å². The maximum absolute atomic E-state index is 13.0. The number of rotatable bonds is 4. The molecule has 0 aromatic heterocycles. The lowest BCUT2D eigenvalue weighted by Crippen LogP contribution is -2.38. The third kappa shape index (κ3) is 3.97. The summed E-state index contributed by atoms with van der Waals surface area (Å²) in [7, 11) is 0. The zero-order valence-electron chi connectivity index (χ0n) is 14.6. The molecule has 1 aliphatic rings. The molecular weight excluding hydrogens is 336 g/mol. The van der Waals surface area contributed by atoms with E-state index in [2.05, 4.69) is 10.2 Å². The maximum atomic E-state index is 13.0. The Labute approximate surface area is 153 Å². The molecule has 1 saturated heterocycles. The molecule has 0 bridgehead atoms. The van der Waals surface area contributed by atoms with Crippen LogP contribution in [-0.4, -0.2) is 32.2 Å². The van der Waals surface area contributed by atoms with Crippen molar-refractivity contribution in [2.75, 3.05) is 36.5 Å². The van der Waals surface area contributed by atoms with Crippen molar-refractivity contribution in [1.29, 1.82) is 0 Å². The second-order valence-electron chi connectivity index (χ2n) is 6.70. The summed E-state index contributed by atoms with van der Waals surface area (Å²) in [6, 6.07) is 15.3. The smallest absolute Gasteiger partial charge is 0.234 e. The molecular formula is C20H23ClN2O2. The quantitative estimate of drug-likeness (QED) is 0.894. The molecule has 0 aliphatic carbocycles. The van der Waals surface area contributed by atoms with E-state index < -0.39 is 5.41 Å². The predicted molar refractivity (Wildman–Crippen MR) is 103 cm³/mol. The SMILES string of the molecule is CC(C)(C(=O)Nc1ccccc1N1CCOCC1)c1ccc(Cl)cc1. The number of anilines is 2. The van der Waals surface area contributed by atoms with Crippen molar-refractivity contribution >= 4 is 28.9 Å². The summed E-state index contributed by atoms with van der Waals surface area (Å²) in [5, 5.41) is 3.77. The van der Waals surface area contributed by atoms with Crippen molar-refractivity contribution in [3.8, 4) is 0 Å². The fraction of sp³-hybridized carbons (Fsp3) is 0.350. The summed E-state index contributed by atoms with van der Waals surface area (Å²) >= 11 is 5.96. The molecule has 0 radical (unpaired) electrons. The van der Waals surface area contributed by atoms with Crippen molar-refractivity contribution in [3.63, 3.8) is 0 Å². The number of hydrogen-bond acceptors (Lipinski definition) is 3. The van der Waals surface area contributed by atoms with Gasteiger partial charge in [-0.25, -0.2) is 0 Å². The van der Waals surface area contributed by atoms with E-state index in [9.17, 15) is 4.79 Å². The van der Waals surface area contributed by atoms with E-state index in [4.69, 9.17) is 16.3 Å². The highest BCUT2D eigenvalue weighted by molar-refractivity contribution is 6.30. The highest BCUT2D eigenvalue weighted by atomic mass is 35.5. The summed E-state index contributed by atoms with van der Waals surface area (Å²) in [6.07, 6.45) is 0. The summed E-state index contributed by atoms with van der Waals surface area (Å²) in [5.41, 5.74) is 2.13. The second kappa shape index (κ2) is 7.46. The van der Waals surface area contributed by atoms with E-state index in [-0.39, 0.29) is 5.91 Å². The number of hydrogen-bond donors (Lipinski definition) is 1. The predicted octanol–water partition coefficient (Wildman–Crippen LogP) is 4.09. The maximum Gasteiger partial charge on any atom is 0.234 e. The molecule has 5 heteroatoms. The van der Waals surface area contributed by atoms with Crippen LogP contribution in [0.2, 0.25) is 5.02 Å². The van der Waals surface area contributed by atoms with Crippen LogP contribution in [0.3, 0.4) is 0 Å². The fourth-order valence-electron chi connectivity index (χ4n) is 2.94. The van der Waals surface area contributed by atoms with Gasteiger partial charge < -0.3 is 15.0 Å². The van der Waals surface area contributed by atoms with Gasteiger partial charge in [-0.1, -0.05) is 35.9 Å². The Morgan fingerprint density at radius 2 is 1.72 bits per heavy atom. The molecule has 0 atom stereocenters. The largest absolute Gasteiger partial charge is 0.378 e. The van der Waals surface area contributed by atoms with Crippen molar-refractivity contribution in [3.05, 3.63) is 59.1 Å². The van der Waals surface area contributed by atoms with Crippen LogP contribution < -0.4 is 10.2 Å². The average Bonchev–Trinajstić information content (AvgIpc) is 2.63. The number of nitrogens with one attached hydrogen (secondary N) is 1. The molecule has 132 valence electrons. The molecule has 4 nitrogen and oxygen atoms in total. The number of halogens is 1. The first-order valence-electron chi connectivity index (χ1n) is 8.48. The van der Waals surface area contributed by atoms with Gasteiger partial charge in [0.1, 0.15) is 0 Å². The lowest BCUT2D eigenvalue weighted by Gasteiger charge is -2.31. The summed E-state index contributed by atoms with van der Waals surface area (Å²) in [4.78, 5) is 15.2. The normalized spacial score (nSPS) is 15.1. The highest BCUT2D eigenvalue weighted by Gasteiger charge is 2.30. The molecule has 2 aromatic carbocycles. The Morgan fingerprint density at radius 1 is 1.08 bits per heavy atom. The first kappa shape index (κ1) is 17.8. The van der Waals surface area contributed by atoms with Crippen LogP contribution in [0.4, 0.5) is 11.4 Å². The zero-order chi connectivity index (χ0) is 17.9. The third-order valence-electron chi connectivity index (χ3n) is 4.64. The topological polar surface area (TPSA) is 41.6 Å². The van der Waals surface area contributed by atoms with E-state index in [0.29, 0.717) is 18.2 Å². The number of ether oxygens (including phenoxy) is 1. The molecule has 2 aromatic rings. The van der Waals surface area contributed by atoms with Gasteiger partial charge in [-0.2, -0.15) is 0 Å². The van der Waals surface area contributed by atoms with E-state index in [0.717, 1.165) is 30.0 Å². The van der Waals surface area contributed by atoms with Crippen LogP contribution >= 0.6 is 11.6 Å². The fourth-order valence-corrected chi connectivity index (χ4v) is 3.06. The van der Waals surface area contributed by atoms with Gasteiger partial charge in [0.05, 0.1) is 30.0 Å². The summed E-state index contributed by atoms with van der Waals surface area (Å²) in [6.45, 7) is 6.91. The van der Waals surface area contributed by atoms with Crippen molar-refractivity contribution in [2.45, 2.75) is 19.3 Å². The van der Waals surface area contributed by atoms with Crippen LogP contribution in [0, 0.1) is 0 Å². The average molecular weight is 359 g/mol. The van der Waals surface area contributed by atoms with E-state index in [1.807, 2.05) is 62.4 Å². The van der Waals surface area contributed by atoms with Gasteiger partial charge in [-0.15, -0.1) is 0 Å². The van der Waals surface area contributed by atoms with E-state index >= 15 is 0 Å². The van der Waals surface area contributed by atoms with E-state index in [1.54, 1.807) is 0 Å². The molecule has 0 saturated carbocycles. The number of benzene rings is 2. The van der Waals surface area contributed by atoms with Gasteiger partial charge in [0, 0.05) is 18.1 Å². The van der Waals surface area contributed by atoms with Crippen LogP contribution in [-0.2, 0) is 14.9 Å². The molecule has 1 aliphatic heterocycles. The molecule has 0 unspecified atom stereocenters. The molecule has 3 rings (SSSR count). The number of amides is 1. The zero-order valence-corrected chi connectivity index (χ0v) is 15.3. The molecule has 25 heavy (non-hydrogen) atoms. The van der Waals surface area contributed by atoms with Gasteiger partial charge in [-0.3, -0.25) is 4.79 Å². The van der Waals surface area contributed by atoms with Gasteiger partial charge in [0.2, 0.25) is 5.91 Å². The number of para-hydroxylation sites is 2. The second-order valence-corrected chi connectivity index (χ2v) is 7.14. The molecule has 1 heterocycles. The van der Waals surface area contributed by atoms with Gasteiger partial charge in [-0.05, 0) is 43.7 Å². The Bertz CT molecular complexity index is 738. The summed E-state index contributed by atoms with van der Waals surface area (Å²) < 4.78 is 5.42. The van der Waals surface area contributed by atoms with Crippen LogP contribution in [0.25, 0.3) is 0 Å². The number of morpholine rings is 1. The minimum Gasteiger partial charge on any atom is -0.378 e. The standard InChI is InChI=1S/C20H23ClN2O2/c1-20(2,15-7-9-16(21)10-8-15)19(24)22-17-5-3-4-6-18(17)23-11-13-25-14-12-23/h3-10H,11-14H2,1-2H3,(H,22,24). The lowest BCUT2D eigenvalue weighted by molar-refractivity contribution is -0.120. The van der Waals surface area contributed by atoms with Gasteiger partial charge >= 0.3 is 0 Å². The number of carbonyl (C=O) groups excluding carboxylic acids is 1.